The summed E-state index contributed by atoms with van der Waals surface area (Å²) in [5.74, 6) is 5.08. The number of aliphatic hydroxyl groups excluding tert-OH is 1. The van der Waals surface area contributed by atoms with E-state index in [0.717, 1.165) is 54.8 Å². The van der Waals surface area contributed by atoms with Gasteiger partial charge >= 0.3 is 0 Å². The first-order valence-corrected chi connectivity index (χ1v) is 15.6. The van der Waals surface area contributed by atoms with E-state index in [-0.39, 0.29) is 44.6 Å². The molecule has 4 nitrogen and oxygen atoms in total. The summed E-state index contributed by atoms with van der Waals surface area (Å²) in [7, 11) is 0. The summed E-state index contributed by atoms with van der Waals surface area (Å²) < 4.78 is 32.9. The van der Waals surface area contributed by atoms with Gasteiger partial charge < -0.3 is 19.3 Å². The van der Waals surface area contributed by atoms with E-state index in [2.05, 4.69) is 40.7 Å². The minimum atomic E-state index is -1.83. The molecule has 0 spiro atoms. The van der Waals surface area contributed by atoms with E-state index in [1.165, 1.54) is 51.4 Å². The third kappa shape index (κ3) is 6.67. The smallest absolute Gasteiger partial charge is 0.0704 e. The van der Waals surface area contributed by atoms with Gasteiger partial charge in [0.25, 0.3) is 0 Å². The van der Waals surface area contributed by atoms with Crippen LogP contribution in [0.4, 0.5) is 0 Å². The molecular formula is C33H58O4. The van der Waals surface area contributed by atoms with Gasteiger partial charge in [-0.2, -0.15) is 0 Å². The number of hydrogen-bond donors (Lipinski definition) is 1. The first kappa shape index (κ1) is 26.8. The Hall–Kier alpha value is -0.420. The summed E-state index contributed by atoms with van der Waals surface area (Å²) in [6.07, 6.45) is 16.8. The molecule has 37 heavy (non-hydrogen) atoms. The average molecular weight is 521 g/mol. The minimum absolute atomic E-state index is 0.0354. The highest BCUT2D eigenvalue weighted by Gasteiger charge is 2.59. The molecule has 0 saturated heterocycles. The standard InChI is InChI=1S/C33H58O4/c1-24(2)7-6-8-25(3)29-11-12-30-28-10-9-26-23-27(37-22-21-36-20-19-35-18-17-34)13-15-32(26,4)31(28)14-16-33(29,30)5/h9,24-25,27-31,34H,6-8,10-23H2,1-5H3/t25-,27+,28+,29-,30+,31+,32+,33-/m1/s1/i21D2. The zero-order valence-corrected chi connectivity index (χ0v) is 24.6. The third-order valence-corrected chi connectivity index (χ3v) is 11.3. The van der Waals surface area contributed by atoms with Crippen molar-refractivity contribution in [3.8, 4) is 0 Å². The first-order chi connectivity index (χ1) is 18.5. The van der Waals surface area contributed by atoms with Crippen molar-refractivity contribution in [1.82, 2.24) is 0 Å². The molecular weight excluding hydrogens is 460 g/mol. The van der Waals surface area contributed by atoms with Gasteiger partial charge in [0, 0.05) is 0 Å². The molecule has 0 amide bonds. The summed E-state index contributed by atoms with van der Waals surface area (Å²) in [5.41, 5.74) is 2.39. The fraction of sp³-hybridized carbons (Fsp3) is 0.939. The molecule has 3 fully saturated rings. The van der Waals surface area contributed by atoms with Gasteiger partial charge in [-0.05, 0) is 97.7 Å². The summed E-state index contributed by atoms with van der Waals surface area (Å²) in [6.45, 7) is 11.3. The second-order valence-corrected chi connectivity index (χ2v) is 13.8. The van der Waals surface area contributed by atoms with Crippen molar-refractivity contribution in [2.45, 2.75) is 111 Å². The van der Waals surface area contributed by atoms with E-state index >= 15 is 0 Å². The van der Waals surface area contributed by atoms with Crippen LogP contribution in [0.1, 0.15) is 108 Å². The van der Waals surface area contributed by atoms with Crippen molar-refractivity contribution >= 4 is 0 Å². The molecule has 8 atom stereocenters. The monoisotopic (exact) mass is 520 g/mol. The molecule has 4 aliphatic carbocycles. The lowest BCUT2D eigenvalue weighted by Crippen LogP contribution is -2.51. The second kappa shape index (κ2) is 13.3. The normalized spacial score (nSPS) is 39.3. The van der Waals surface area contributed by atoms with Gasteiger partial charge in [-0.25, -0.2) is 0 Å². The molecule has 0 aromatic rings. The van der Waals surface area contributed by atoms with Crippen molar-refractivity contribution in [1.29, 1.82) is 0 Å². The van der Waals surface area contributed by atoms with E-state index in [0.29, 0.717) is 5.41 Å². The number of fused-ring (bicyclic) bond motifs is 5. The summed E-state index contributed by atoms with van der Waals surface area (Å²) in [4.78, 5) is 0. The first-order valence-electron chi connectivity index (χ1n) is 16.6. The molecule has 214 valence electrons. The molecule has 3 saturated carbocycles. The van der Waals surface area contributed by atoms with E-state index in [9.17, 15) is 0 Å². The second-order valence-electron chi connectivity index (χ2n) is 13.8. The summed E-state index contributed by atoms with van der Waals surface area (Å²) in [5, 5.41) is 8.78. The summed E-state index contributed by atoms with van der Waals surface area (Å²) >= 11 is 0. The fourth-order valence-electron chi connectivity index (χ4n) is 9.33. The van der Waals surface area contributed by atoms with E-state index in [1.807, 2.05) is 0 Å². The van der Waals surface area contributed by atoms with Gasteiger partial charge in [0.05, 0.1) is 48.4 Å². The molecule has 0 radical (unpaired) electrons. The van der Waals surface area contributed by atoms with Gasteiger partial charge in [-0.15, -0.1) is 0 Å². The Labute approximate surface area is 231 Å². The Morgan fingerprint density at radius 2 is 1.78 bits per heavy atom. The molecule has 0 bridgehead atoms. The van der Waals surface area contributed by atoms with Crippen molar-refractivity contribution in [2.24, 2.45) is 46.3 Å². The molecule has 4 rings (SSSR count). The number of allylic oxidation sites excluding steroid dienone is 1. The van der Waals surface area contributed by atoms with Crippen LogP contribution in [0.2, 0.25) is 0 Å². The van der Waals surface area contributed by atoms with Gasteiger partial charge in [0.1, 0.15) is 0 Å². The fourth-order valence-corrected chi connectivity index (χ4v) is 9.33. The van der Waals surface area contributed by atoms with E-state index in [4.69, 9.17) is 22.1 Å². The zero-order chi connectivity index (χ0) is 28.3. The SMILES string of the molecule is [2H]C([2H])(CO[C@H]1CC[C@@]2(C)C(=CC[C@H]3[C@@H]4CC[C@H]([C@H](C)CCCC(C)C)[C@@]4(C)CC[C@@H]32)C1)OCCOCCO. The van der Waals surface area contributed by atoms with Gasteiger partial charge in [-0.3, -0.25) is 0 Å². The molecule has 0 heterocycles. The lowest BCUT2D eigenvalue weighted by atomic mass is 9.47. The molecule has 0 aromatic carbocycles. The molecule has 0 aliphatic heterocycles. The van der Waals surface area contributed by atoms with Crippen LogP contribution in [-0.2, 0) is 14.2 Å². The predicted octanol–water partition coefficient (Wildman–Crippen LogP) is 7.44. The van der Waals surface area contributed by atoms with Crippen LogP contribution in [-0.4, -0.2) is 50.8 Å². The summed E-state index contributed by atoms with van der Waals surface area (Å²) in [6, 6.07) is 0. The quantitative estimate of drug-likeness (QED) is 0.191. The Morgan fingerprint density at radius 1 is 0.973 bits per heavy atom. The van der Waals surface area contributed by atoms with Gasteiger partial charge in [0.2, 0.25) is 0 Å². The predicted molar refractivity (Wildman–Crippen MR) is 152 cm³/mol. The van der Waals surface area contributed by atoms with Crippen LogP contribution in [0, 0.1) is 46.3 Å². The highest BCUT2D eigenvalue weighted by atomic mass is 16.5. The number of aliphatic hydroxyl groups is 1. The van der Waals surface area contributed by atoms with Gasteiger partial charge in [0.15, 0.2) is 0 Å². The van der Waals surface area contributed by atoms with Crippen molar-refractivity contribution < 1.29 is 22.1 Å². The molecule has 4 heteroatoms. The van der Waals surface area contributed by atoms with E-state index in [1.54, 1.807) is 5.57 Å². The number of hydrogen-bond acceptors (Lipinski definition) is 4. The lowest BCUT2D eigenvalue weighted by molar-refractivity contribution is -0.0690. The maximum Gasteiger partial charge on any atom is 0.0704 e. The Balaban J connectivity index is 1.32. The van der Waals surface area contributed by atoms with Crippen molar-refractivity contribution in [3.05, 3.63) is 11.6 Å². The average Bonchev–Trinajstić information content (AvgIpc) is 3.24. The number of ether oxygens (including phenoxy) is 3. The highest BCUT2D eigenvalue weighted by Crippen LogP contribution is 2.67. The Morgan fingerprint density at radius 3 is 2.57 bits per heavy atom. The van der Waals surface area contributed by atoms with Crippen LogP contribution in [0.5, 0.6) is 0 Å². The third-order valence-electron chi connectivity index (χ3n) is 11.3. The van der Waals surface area contributed by atoms with Crippen molar-refractivity contribution in [2.75, 3.05) is 39.6 Å². The lowest BCUT2D eigenvalue weighted by Gasteiger charge is -2.58. The Kier molecular flexibility index (Phi) is 9.62. The van der Waals surface area contributed by atoms with Crippen LogP contribution >= 0.6 is 0 Å². The van der Waals surface area contributed by atoms with Crippen molar-refractivity contribution in [3.63, 3.8) is 0 Å². The highest BCUT2D eigenvalue weighted by molar-refractivity contribution is 5.25. The Bertz CT molecular complexity index is 816. The number of rotatable bonds is 14. The maximum absolute atomic E-state index is 8.78. The van der Waals surface area contributed by atoms with Gasteiger partial charge in [-0.1, -0.05) is 65.5 Å². The zero-order valence-electron chi connectivity index (χ0n) is 26.6. The van der Waals surface area contributed by atoms with Crippen LogP contribution in [0.25, 0.3) is 0 Å². The molecule has 0 aromatic heterocycles. The van der Waals surface area contributed by atoms with E-state index < -0.39 is 6.56 Å². The largest absolute Gasteiger partial charge is 0.394 e. The maximum atomic E-state index is 8.78. The van der Waals surface area contributed by atoms with Crippen LogP contribution in [0.15, 0.2) is 11.6 Å². The van der Waals surface area contributed by atoms with Crippen LogP contribution in [0.3, 0.4) is 0 Å². The molecule has 4 aliphatic rings. The van der Waals surface area contributed by atoms with Crippen LogP contribution < -0.4 is 0 Å². The topological polar surface area (TPSA) is 47.9 Å². The minimum Gasteiger partial charge on any atom is -0.394 e. The molecule has 0 unspecified atom stereocenters. The molecule has 1 N–H and O–H groups in total.